The standard InChI is InChI=1S/C18H25FN4OS.HI/c1-4-20-18(21-8-7-17-23-12(2)13(3)25-17)22-10-14-5-6-16(19)15(9-14)11-24;/h5-6,9,24H,4,7-8,10-11H2,1-3H3,(H2,20,21,22);1H. The molecule has 0 radical (unpaired) electrons. The zero-order chi connectivity index (χ0) is 18.2. The first-order valence-electron chi connectivity index (χ1n) is 8.36. The third-order valence-electron chi connectivity index (χ3n) is 3.75. The van der Waals surface area contributed by atoms with Crippen molar-refractivity contribution >= 4 is 41.3 Å². The van der Waals surface area contributed by atoms with Crippen LogP contribution in [0.4, 0.5) is 4.39 Å². The third kappa shape index (κ3) is 6.81. The molecule has 0 atom stereocenters. The molecule has 0 amide bonds. The highest BCUT2D eigenvalue weighted by Gasteiger charge is 2.05. The smallest absolute Gasteiger partial charge is 0.191 e. The molecule has 8 heteroatoms. The molecule has 0 aliphatic heterocycles. The summed E-state index contributed by atoms with van der Waals surface area (Å²) in [4.78, 5) is 10.3. The van der Waals surface area contributed by atoms with E-state index in [4.69, 9.17) is 5.11 Å². The van der Waals surface area contributed by atoms with Gasteiger partial charge >= 0.3 is 0 Å². The lowest BCUT2D eigenvalue weighted by Gasteiger charge is -2.11. The SMILES string of the molecule is CCNC(=NCc1ccc(F)c(CO)c1)NCCc1nc(C)c(C)s1.I. The van der Waals surface area contributed by atoms with Gasteiger partial charge in [-0.05, 0) is 38.5 Å². The van der Waals surface area contributed by atoms with E-state index in [-0.39, 0.29) is 30.6 Å². The molecule has 1 aromatic heterocycles. The highest BCUT2D eigenvalue weighted by Crippen LogP contribution is 2.16. The molecule has 0 aliphatic carbocycles. The van der Waals surface area contributed by atoms with E-state index in [0.717, 1.165) is 35.8 Å². The molecule has 1 heterocycles. The molecule has 26 heavy (non-hydrogen) atoms. The first-order valence-corrected chi connectivity index (χ1v) is 9.18. The number of guanidine groups is 1. The number of aliphatic hydroxyl groups is 1. The number of halogens is 2. The van der Waals surface area contributed by atoms with Crippen LogP contribution < -0.4 is 10.6 Å². The van der Waals surface area contributed by atoms with Gasteiger partial charge in [0.25, 0.3) is 0 Å². The minimum absolute atomic E-state index is 0. The molecule has 0 saturated heterocycles. The zero-order valence-corrected chi connectivity index (χ0v) is 18.5. The van der Waals surface area contributed by atoms with Crippen molar-refractivity contribution in [2.45, 2.75) is 40.3 Å². The molecular formula is C18H26FIN4OS. The molecular weight excluding hydrogens is 466 g/mol. The number of aryl methyl sites for hydroxylation is 2. The summed E-state index contributed by atoms with van der Waals surface area (Å²) in [6.45, 7) is 7.71. The minimum atomic E-state index is -0.394. The number of aliphatic imine (C=N–C) groups is 1. The van der Waals surface area contributed by atoms with Crippen molar-refractivity contribution in [2.24, 2.45) is 4.99 Å². The Morgan fingerprint density at radius 1 is 1.31 bits per heavy atom. The van der Waals surface area contributed by atoms with Gasteiger partial charge in [-0.15, -0.1) is 35.3 Å². The van der Waals surface area contributed by atoms with Gasteiger partial charge in [0.15, 0.2) is 5.96 Å². The highest BCUT2D eigenvalue weighted by atomic mass is 127. The fourth-order valence-corrected chi connectivity index (χ4v) is 3.23. The van der Waals surface area contributed by atoms with Gasteiger partial charge in [0, 0.05) is 30.0 Å². The number of nitrogens with one attached hydrogen (secondary N) is 2. The van der Waals surface area contributed by atoms with Crippen molar-refractivity contribution in [3.8, 4) is 0 Å². The molecule has 5 nitrogen and oxygen atoms in total. The number of hydrogen-bond acceptors (Lipinski definition) is 4. The number of rotatable bonds is 7. The zero-order valence-electron chi connectivity index (χ0n) is 15.3. The number of aliphatic hydroxyl groups excluding tert-OH is 1. The van der Waals surface area contributed by atoms with Crippen LogP contribution in [-0.4, -0.2) is 29.1 Å². The number of benzene rings is 1. The Balaban J connectivity index is 0.00000338. The lowest BCUT2D eigenvalue weighted by molar-refractivity contribution is 0.275. The van der Waals surface area contributed by atoms with Crippen LogP contribution in [0.5, 0.6) is 0 Å². The summed E-state index contributed by atoms with van der Waals surface area (Å²) in [6, 6.07) is 4.69. The van der Waals surface area contributed by atoms with Gasteiger partial charge in [-0.25, -0.2) is 14.4 Å². The number of nitrogens with zero attached hydrogens (tertiary/aromatic N) is 2. The molecule has 144 valence electrons. The van der Waals surface area contributed by atoms with Crippen LogP contribution in [0.2, 0.25) is 0 Å². The lowest BCUT2D eigenvalue weighted by Crippen LogP contribution is -2.38. The van der Waals surface area contributed by atoms with Crippen LogP contribution in [0, 0.1) is 19.7 Å². The number of thiazole rings is 1. The Hall–Kier alpha value is -1.26. The highest BCUT2D eigenvalue weighted by molar-refractivity contribution is 14.0. The Kier molecular flexibility index (Phi) is 10.0. The minimum Gasteiger partial charge on any atom is -0.392 e. The summed E-state index contributed by atoms with van der Waals surface area (Å²) in [5.41, 5.74) is 2.24. The van der Waals surface area contributed by atoms with Crippen molar-refractivity contribution < 1.29 is 9.50 Å². The second kappa shape index (κ2) is 11.5. The summed E-state index contributed by atoms with van der Waals surface area (Å²) in [5, 5.41) is 16.7. The fraction of sp³-hybridized carbons (Fsp3) is 0.444. The molecule has 0 unspecified atom stereocenters. The van der Waals surface area contributed by atoms with Gasteiger partial charge in [-0.3, -0.25) is 0 Å². The summed E-state index contributed by atoms with van der Waals surface area (Å²) in [6.07, 6.45) is 0.842. The molecule has 0 bridgehead atoms. The largest absolute Gasteiger partial charge is 0.392 e. The second-order valence-corrected chi connectivity index (χ2v) is 6.99. The fourth-order valence-electron chi connectivity index (χ4n) is 2.29. The second-order valence-electron chi connectivity index (χ2n) is 5.71. The van der Waals surface area contributed by atoms with Crippen molar-refractivity contribution in [2.75, 3.05) is 13.1 Å². The number of hydrogen-bond donors (Lipinski definition) is 3. The number of aromatic nitrogens is 1. The van der Waals surface area contributed by atoms with Crippen LogP contribution in [0.3, 0.4) is 0 Å². The van der Waals surface area contributed by atoms with E-state index in [1.807, 2.05) is 13.8 Å². The molecule has 0 spiro atoms. The van der Waals surface area contributed by atoms with Crippen molar-refractivity contribution in [3.05, 3.63) is 50.7 Å². The van der Waals surface area contributed by atoms with E-state index in [9.17, 15) is 4.39 Å². The van der Waals surface area contributed by atoms with E-state index in [0.29, 0.717) is 18.1 Å². The molecule has 0 aliphatic rings. The Morgan fingerprint density at radius 3 is 2.69 bits per heavy atom. The maximum absolute atomic E-state index is 13.4. The van der Waals surface area contributed by atoms with Crippen LogP contribution in [0.15, 0.2) is 23.2 Å². The topological polar surface area (TPSA) is 69.5 Å². The maximum Gasteiger partial charge on any atom is 0.191 e. The average molecular weight is 492 g/mol. The van der Waals surface area contributed by atoms with Gasteiger partial charge in [-0.2, -0.15) is 0 Å². The Labute approximate surface area is 175 Å². The predicted molar refractivity (Wildman–Crippen MR) is 116 cm³/mol. The van der Waals surface area contributed by atoms with Crippen molar-refractivity contribution in [1.29, 1.82) is 0 Å². The van der Waals surface area contributed by atoms with Crippen LogP contribution in [-0.2, 0) is 19.6 Å². The Bertz CT molecular complexity index is 716. The first kappa shape index (κ1) is 22.8. The summed E-state index contributed by atoms with van der Waals surface area (Å²) in [7, 11) is 0. The van der Waals surface area contributed by atoms with Crippen LogP contribution >= 0.6 is 35.3 Å². The van der Waals surface area contributed by atoms with E-state index in [1.165, 1.54) is 10.9 Å². The summed E-state index contributed by atoms with van der Waals surface area (Å²) < 4.78 is 13.4. The monoisotopic (exact) mass is 492 g/mol. The van der Waals surface area contributed by atoms with Crippen molar-refractivity contribution in [1.82, 2.24) is 15.6 Å². The van der Waals surface area contributed by atoms with Crippen LogP contribution in [0.25, 0.3) is 0 Å². The van der Waals surface area contributed by atoms with Gasteiger partial charge in [0.05, 0.1) is 23.9 Å². The normalized spacial score (nSPS) is 11.2. The van der Waals surface area contributed by atoms with E-state index in [1.54, 1.807) is 23.5 Å². The lowest BCUT2D eigenvalue weighted by atomic mass is 10.1. The van der Waals surface area contributed by atoms with Gasteiger partial charge in [0.2, 0.25) is 0 Å². The van der Waals surface area contributed by atoms with E-state index in [2.05, 4.69) is 27.5 Å². The Morgan fingerprint density at radius 2 is 2.08 bits per heavy atom. The summed E-state index contributed by atoms with van der Waals surface area (Å²) >= 11 is 1.72. The van der Waals surface area contributed by atoms with Gasteiger partial charge in [-0.1, -0.05) is 6.07 Å². The maximum atomic E-state index is 13.4. The third-order valence-corrected chi connectivity index (χ3v) is 4.88. The molecule has 0 fully saturated rings. The molecule has 2 aromatic rings. The molecule has 2 rings (SSSR count). The molecule has 0 saturated carbocycles. The first-order chi connectivity index (χ1) is 12.0. The molecule has 1 aromatic carbocycles. The van der Waals surface area contributed by atoms with E-state index < -0.39 is 5.82 Å². The predicted octanol–water partition coefficient (Wildman–Crippen LogP) is 3.31. The van der Waals surface area contributed by atoms with Gasteiger partial charge in [0.1, 0.15) is 5.82 Å². The summed E-state index contributed by atoms with van der Waals surface area (Å²) in [5.74, 6) is 0.316. The van der Waals surface area contributed by atoms with Gasteiger partial charge < -0.3 is 15.7 Å². The van der Waals surface area contributed by atoms with E-state index >= 15 is 0 Å². The quantitative estimate of drug-likeness (QED) is 0.315. The van der Waals surface area contributed by atoms with Crippen LogP contribution in [0.1, 0.15) is 33.6 Å². The van der Waals surface area contributed by atoms with Crippen molar-refractivity contribution in [3.63, 3.8) is 0 Å². The average Bonchev–Trinajstić information content (AvgIpc) is 2.91. The molecule has 3 N–H and O–H groups in total.